The Hall–Kier alpha value is -2.80. The van der Waals surface area contributed by atoms with E-state index in [-0.39, 0.29) is 11.5 Å². The molecule has 1 aromatic heterocycles. The van der Waals surface area contributed by atoms with Crippen molar-refractivity contribution in [2.45, 2.75) is 23.8 Å². The molecule has 1 unspecified atom stereocenters. The summed E-state index contributed by atoms with van der Waals surface area (Å²) in [4.78, 5) is 32.0. The average molecular weight is 369 g/mol. The second kappa shape index (κ2) is 8.05. The Morgan fingerprint density at radius 3 is 2.73 bits per heavy atom. The van der Waals surface area contributed by atoms with Gasteiger partial charge in [0.15, 0.2) is 5.16 Å². The van der Waals surface area contributed by atoms with Crippen molar-refractivity contribution in [3.63, 3.8) is 0 Å². The number of nitrogens with zero attached hydrogens (tertiary/aromatic N) is 1. The molecule has 6 nitrogen and oxygen atoms in total. The molecule has 0 bridgehead atoms. The number of aromatic amines is 1. The van der Waals surface area contributed by atoms with Crippen LogP contribution in [-0.4, -0.2) is 28.2 Å². The van der Waals surface area contributed by atoms with Gasteiger partial charge in [-0.3, -0.25) is 9.59 Å². The quantitative estimate of drug-likeness (QED) is 0.514. The zero-order valence-electron chi connectivity index (χ0n) is 14.5. The zero-order chi connectivity index (χ0) is 18.5. The van der Waals surface area contributed by atoms with Gasteiger partial charge >= 0.3 is 0 Å². The molecule has 2 N–H and O–H groups in total. The molecule has 0 aliphatic rings. The maximum atomic E-state index is 12.7. The van der Waals surface area contributed by atoms with Crippen molar-refractivity contribution >= 4 is 34.3 Å². The number of methoxy groups -OCH3 is 1. The summed E-state index contributed by atoms with van der Waals surface area (Å²) >= 11 is 1.24. The van der Waals surface area contributed by atoms with E-state index in [0.717, 1.165) is 0 Å². The number of anilines is 1. The molecule has 0 radical (unpaired) electrons. The molecule has 0 fully saturated rings. The van der Waals surface area contributed by atoms with Crippen LogP contribution in [0, 0.1) is 0 Å². The number of ether oxygens (including phenoxy) is 1. The first-order valence-corrected chi connectivity index (χ1v) is 9.10. The van der Waals surface area contributed by atoms with E-state index in [0.29, 0.717) is 33.9 Å². The molecule has 0 spiro atoms. The Balaban J connectivity index is 1.81. The number of aromatic nitrogens is 2. The van der Waals surface area contributed by atoms with Crippen molar-refractivity contribution < 1.29 is 9.53 Å². The van der Waals surface area contributed by atoms with Gasteiger partial charge in [0.1, 0.15) is 5.75 Å². The Morgan fingerprint density at radius 2 is 1.96 bits per heavy atom. The highest BCUT2D eigenvalue weighted by Gasteiger charge is 2.20. The van der Waals surface area contributed by atoms with Crippen LogP contribution >= 0.6 is 11.8 Å². The van der Waals surface area contributed by atoms with Crippen LogP contribution in [-0.2, 0) is 4.79 Å². The number of carbonyl (C=O) groups is 1. The number of benzene rings is 2. The van der Waals surface area contributed by atoms with Crippen molar-refractivity contribution in [3.8, 4) is 5.75 Å². The lowest BCUT2D eigenvalue weighted by atomic mass is 10.2. The maximum Gasteiger partial charge on any atom is 0.259 e. The number of rotatable bonds is 6. The van der Waals surface area contributed by atoms with Crippen LogP contribution in [0.3, 0.4) is 0 Å². The van der Waals surface area contributed by atoms with Gasteiger partial charge in [0.05, 0.1) is 29.0 Å². The van der Waals surface area contributed by atoms with E-state index in [1.165, 1.54) is 11.8 Å². The highest BCUT2D eigenvalue weighted by Crippen LogP contribution is 2.27. The molecule has 1 amide bonds. The molecule has 2 aromatic carbocycles. The lowest BCUT2D eigenvalue weighted by Crippen LogP contribution is -2.25. The summed E-state index contributed by atoms with van der Waals surface area (Å²) in [6.07, 6.45) is 0.586. The van der Waals surface area contributed by atoms with E-state index in [9.17, 15) is 9.59 Å². The molecule has 26 heavy (non-hydrogen) atoms. The standard InChI is InChI=1S/C19H19N3O3S/c1-3-16(18(24)20-14-10-6-7-11-15(14)25-2)26-19-21-13-9-5-4-8-12(13)17(23)22-19/h4-11,16H,3H2,1-2H3,(H,20,24)(H,21,22,23). The first-order chi connectivity index (χ1) is 12.6. The number of carbonyl (C=O) groups excluding carboxylic acids is 1. The molecule has 7 heteroatoms. The van der Waals surface area contributed by atoms with Gasteiger partial charge in [0, 0.05) is 0 Å². The van der Waals surface area contributed by atoms with E-state index in [1.807, 2.05) is 25.1 Å². The van der Waals surface area contributed by atoms with Gasteiger partial charge in [-0.2, -0.15) is 0 Å². The minimum atomic E-state index is -0.399. The van der Waals surface area contributed by atoms with E-state index < -0.39 is 5.25 Å². The third-order valence-corrected chi connectivity index (χ3v) is 5.12. The predicted molar refractivity (Wildman–Crippen MR) is 104 cm³/mol. The highest BCUT2D eigenvalue weighted by atomic mass is 32.2. The summed E-state index contributed by atoms with van der Waals surface area (Å²) in [5.41, 5.74) is 1.01. The molecule has 3 rings (SSSR count). The summed E-state index contributed by atoms with van der Waals surface area (Å²) in [6.45, 7) is 1.92. The maximum absolute atomic E-state index is 12.7. The normalized spacial score (nSPS) is 11.9. The first-order valence-electron chi connectivity index (χ1n) is 8.22. The van der Waals surface area contributed by atoms with Gasteiger partial charge in [-0.15, -0.1) is 0 Å². The second-order valence-corrected chi connectivity index (χ2v) is 6.78. The molecule has 0 aliphatic heterocycles. The number of fused-ring (bicyclic) bond motifs is 1. The van der Waals surface area contributed by atoms with Gasteiger partial charge in [0.25, 0.3) is 5.56 Å². The van der Waals surface area contributed by atoms with Gasteiger partial charge in [0.2, 0.25) is 5.91 Å². The Bertz CT molecular complexity index is 987. The summed E-state index contributed by atoms with van der Waals surface area (Å²) in [6, 6.07) is 14.4. The lowest BCUT2D eigenvalue weighted by Gasteiger charge is -2.15. The molecule has 0 saturated carbocycles. The minimum Gasteiger partial charge on any atom is -0.495 e. The zero-order valence-corrected chi connectivity index (χ0v) is 15.3. The molecular formula is C19H19N3O3S. The van der Waals surface area contributed by atoms with Gasteiger partial charge in [-0.1, -0.05) is 43.0 Å². The monoisotopic (exact) mass is 369 g/mol. The minimum absolute atomic E-state index is 0.169. The number of nitrogens with one attached hydrogen (secondary N) is 2. The van der Waals surface area contributed by atoms with Crippen molar-refractivity contribution in [2.24, 2.45) is 0 Å². The largest absolute Gasteiger partial charge is 0.495 e. The van der Waals surface area contributed by atoms with Crippen LogP contribution in [0.25, 0.3) is 10.9 Å². The van der Waals surface area contributed by atoms with E-state index >= 15 is 0 Å². The number of para-hydroxylation sites is 3. The molecular weight excluding hydrogens is 350 g/mol. The van der Waals surface area contributed by atoms with Crippen LogP contribution in [0.2, 0.25) is 0 Å². The molecule has 0 saturated heterocycles. The van der Waals surface area contributed by atoms with Crippen LogP contribution in [0.5, 0.6) is 5.75 Å². The SMILES string of the molecule is CCC(Sc1nc2ccccc2c(=O)[nH]1)C(=O)Nc1ccccc1OC. The summed E-state index contributed by atoms with van der Waals surface area (Å²) < 4.78 is 5.26. The Morgan fingerprint density at radius 1 is 1.23 bits per heavy atom. The van der Waals surface area contributed by atoms with Crippen molar-refractivity contribution in [3.05, 3.63) is 58.9 Å². The Kier molecular flexibility index (Phi) is 5.58. The van der Waals surface area contributed by atoms with Crippen molar-refractivity contribution in [2.75, 3.05) is 12.4 Å². The van der Waals surface area contributed by atoms with Crippen molar-refractivity contribution in [1.82, 2.24) is 9.97 Å². The lowest BCUT2D eigenvalue weighted by molar-refractivity contribution is -0.115. The molecule has 134 valence electrons. The summed E-state index contributed by atoms with van der Waals surface area (Å²) in [5, 5.41) is 3.44. The fraction of sp³-hybridized carbons (Fsp3) is 0.211. The van der Waals surface area contributed by atoms with Gasteiger partial charge < -0.3 is 15.0 Å². The highest BCUT2D eigenvalue weighted by molar-refractivity contribution is 8.00. The van der Waals surface area contributed by atoms with Gasteiger partial charge in [-0.25, -0.2) is 4.98 Å². The molecule has 1 heterocycles. The third kappa shape index (κ3) is 3.88. The van der Waals surface area contributed by atoms with Crippen LogP contribution in [0.1, 0.15) is 13.3 Å². The Labute approximate surface area is 155 Å². The summed E-state index contributed by atoms with van der Waals surface area (Å²) in [5.74, 6) is 0.427. The number of thioether (sulfide) groups is 1. The third-order valence-electron chi connectivity index (χ3n) is 3.87. The van der Waals surface area contributed by atoms with Crippen molar-refractivity contribution in [1.29, 1.82) is 0 Å². The fourth-order valence-electron chi connectivity index (χ4n) is 2.54. The smallest absolute Gasteiger partial charge is 0.259 e. The summed E-state index contributed by atoms with van der Waals surface area (Å²) in [7, 11) is 1.56. The van der Waals surface area contributed by atoms with E-state index in [4.69, 9.17) is 4.74 Å². The first kappa shape index (κ1) is 18.0. The van der Waals surface area contributed by atoms with E-state index in [2.05, 4.69) is 15.3 Å². The van der Waals surface area contributed by atoms with Crippen LogP contribution < -0.4 is 15.6 Å². The van der Waals surface area contributed by atoms with Crippen LogP contribution in [0.4, 0.5) is 5.69 Å². The second-order valence-electron chi connectivity index (χ2n) is 5.59. The van der Waals surface area contributed by atoms with E-state index in [1.54, 1.807) is 37.4 Å². The number of hydrogen-bond donors (Lipinski definition) is 2. The number of amides is 1. The molecule has 3 aromatic rings. The fourth-order valence-corrected chi connectivity index (χ4v) is 3.44. The number of hydrogen-bond acceptors (Lipinski definition) is 5. The topological polar surface area (TPSA) is 84.1 Å². The number of H-pyrrole nitrogens is 1. The predicted octanol–water partition coefficient (Wildman–Crippen LogP) is 3.44. The van der Waals surface area contributed by atoms with Gasteiger partial charge in [-0.05, 0) is 30.7 Å². The van der Waals surface area contributed by atoms with Crippen LogP contribution in [0.15, 0.2) is 58.5 Å². The average Bonchev–Trinajstić information content (AvgIpc) is 2.66. The molecule has 1 atom stereocenters. The molecule has 0 aliphatic carbocycles.